The first-order chi connectivity index (χ1) is 9.20. The lowest BCUT2D eigenvalue weighted by Gasteiger charge is -2.20. The van der Waals surface area contributed by atoms with E-state index in [4.69, 9.17) is 0 Å². The molecule has 1 unspecified atom stereocenters. The van der Waals surface area contributed by atoms with Crippen molar-refractivity contribution in [2.75, 3.05) is 12.3 Å². The largest absolute Gasteiger partial charge is 0.309 e. The Bertz CT molecular complexity index is 510. The van der Waals surface area contributed by atoms with E-state index < -0.39 is 0 Å². The first-order valence-electron chi connectivity index (χ1n) is 6.49. The number of H-pyrrole nitrogens is 1. The van der Waals surface area contributed by atoms with Crippen molar-refractivity contribution in [1.82, 2.24) is 20.5 Å². The molecule has 1 aromatic heterocycles. The Morgan fingerprint density at radius 2 is 2.21 bits per heavy atom. The van der Waals surface area contributed by atoms with Crippen LogP contribution >= 0.6 is 11.8 Å². The van der Waals surface area contributed by atoms with Crippen molar-refractivity contribution in [3.05, 3.63) is 41.2 Å². The van der Waals surface area contributed by atoms with Gasteiger partial charge in [0, 0.05) is 11.8 Å². The van der Waals surface area contributed by atoms with E-state index in [0.29, 0.717) is 6.04 Å². The third-order valence-electron chi connectivity index (χ3n) is 3.04. The fourth-order valence-electron chi connectivity index (χ4n) is 2.07. The summed E-state index contributed by atoms with van der Waals surface area (Å²) in [6.07, 6.45) is 1.54. The summed E-state index contributed by atoms with van der Waals surface area (Å²) in [5.74, 6) is 0.938. The average molecular weight is 276 g/mol. The number of hydrogen-bond acceptors (Lipinski definition) is 4. The van der Waals surface area contributed by atoms with Crippen LogP contribution in [0.5, 0.6) is 0 Å². The molecule has 0 aliphatic heterocycles. The lowest BCUT2D eigenvalue weighted by Crippen LogP contribution is -2.24. The van der Waals surface area contributed by atoms with Crippen LogP contribution in [0.1, 0.15) is 29.7 Å². The summed E-state index contributed by atoms with van der Waals surface area (Å²) in [4.78, 5) is 4.15. The maximum Gasteiger partial charge on any atom is 0.183 e. The molecular formula is C14H20N4S. The van der Waals surface area contributed by atoms with Crippen molar-refractivity contribution in [3.8, 4) is 0 Å². The normalized spacial score (nSPS) is 12.6. The maximum atomic E-state index is 4.15. The van der Waals surface area contributed by atoms with E-state index in [1.165, 1.54) is 16.7 Å². The van der Waals surface area contributed by atoms with Gasteiger partial charge in [-0.15, -0.1) is 0 Å². The third kappa shape index (κ3) is 3.81. The van der Waals surface area contributed by atoms with Crippen LogP contribution in [0.25, 0.3) is 0 Å². The lowest BCUT2D eigenvalue weighted by molar-refractivity contribution is 0.602. The van der Waals surface area contributed by atoms with Gasteiger partial charge >= 0.3 is 0 Å². The molecule has 102 valence electrons. The van der Waals surface area contributed by atoms with E-state index >= 15 is 0 Å². The van der Waals surface area contributed by atoms with Crippen molar-refractivity contribution in [2.24, 2.45) is 0 Å². The number of hydrogen-bond donors (Lipinski definition) is 2. The van der Waals surface area contributed by atoms with Crippen molar-refractivity contribution < 1.29 is 0 Å². The van der Waals surface area contributed by atoms with E-state index in [2.05, 4.69) is 59.5 Å². The van der Waals surface area contributed by atoms with Gasteiger partial charge in [-0.2, -0.15) is 5.10 Å². The van der Waals surface area contributed by atoms with Gasteiger partial charge in [0.1, 0.15) is 6.33 Å². The molecule has 0 radical (unpaired) electrons. The molecule has 0 amide bonds. The molecule has 19 heavy (non-hydrogen) atoms. The number of benzene rings is 1. The lowest BCUT2D eigenvalue weighted by atomic mass is 10.00. The minimum Gasteiger partial charge on any atom is -0.309 e. The van der Waals surface area contributed by atoms with Gasteiger partial charge < -0.3 is 5.32 Å². The van der Waals surface area contributed by atoms with E-state index in [1.807, 2.05) is 0 Å². The van der Waals surface area contributed by atoms with Gasteiger partial charge in [-0.1, -0.05) is 42.4 Å². The van der Waals surface area contributed by atoms with Crippen molar-refractivity contribution in [1.29, 1.82) is 0 Å². The van der Waals surface area contributed by atoms with E-state index in [1.54, 1.807) is 18.1 Å². The highest BCUT2D eigenvalue weighted by Crippen LogP contribution is 2.25. The molecule has 2 N–H and O–H groups in total. The predicted molar refractivity (Wildman–Crippen MR) is 79.4 cm³/mol. The smallest absolute Gasteiger partial charge is 0.183 e. The summed E-state index contributed by atoms with van der Waals surface area (Å²) in [5.41, 5.74) is 4.00. The van der Waals surface area contributed by atoms with Crippen molar-refractivity contribution in [3.63, 3.8) is 0 Å². The Hall–Kier alpha value is -1.33. The molecule has 0 bridgehead atoms. The highest BCUT2D eigenvalue weighted by molar-refractivity contribution is 7.99. The Balaban J connectivity index is 2.12. The summed E-state index contributed by atoms with van der Waals surface area (Å²) in [6.45, 7) is 7.39. The van der Waals surface area contributed by atoms with Crippen LogP contribution in [-0.4, -0.2) is 27.5 Å². The van der Waals surface area contributed by atoms with Gasteiger partial charge in [0.2, 0.25) is 0 Å². The molecule has 0 fully saturated rings. The van der Waals surface area contributed by atoms with E-state index in [0.717, 1.165) is 17.5 Å². The number of nitrogens with one attached hydrogen (secondary N) is 2. The highest BCUT2D eigenvalue weighted by Gasteiger charge is 2.14. The fourth-order valence-corrected chi connectivity index (χ4v) is 2.93. The molecular weight excluding hydrogens is 256 g/mol. The van der Waals surface area contributed by atoms with Gasteiger partial charge in [-0.3, -0.25) is 5.10 Å². The van der Waals surface area contributed by atoms with E-state index in [-0.39, 0.29) is 0 Å². The Kier molecular flexibility index (Phi) is 4.99. The van der Waals surface area contributed by atoms with Crippen LogP contribution < -0.4 is 5.32 Å². The minimum absolute atomic E-state index is 0.333. The molecule has 1 heterocycles. The molecule has 4 nitrogen and oxygen atoms in total. The molecule has 0 saturated carbocycles. The monoisotopic (exact) mass is 276 g/mol. The fraction of sp³-hybridized carbons (Fsp3) is 0.429. The van der Waals surface area contributed by atoms with Gasteiger partial charge in [0.25, 0.3) is 0 Å². The first kappa shape index (κ1) is 14.1. The van der Waals surface area contributed by atoms with Crippen LogP contribution in [0.3, 0.4) is 0 Å². The summed E-state index contributed by atoms with van der Waals surface area (Å²) >= 11 is 1.69. The van der Waals surface area contributed by atoms with Gasteiger partial charge in [0.05, 0.1) is 0 Å². The second kappa shape index (κ2) is 6.73. The highest BCUT2D eigenvalue weighted by atomic mass is 32.2. The molecule has 2 aromatic rings. The van der Waals surface area contributed by atoms with Crippen LogP contribution in [0.2, 0.25) is 0 Å². The Morgan fingerprint density at radius 3 is 2.89 bits per heavy atom. The molecule has 1 atom stereocenters. The van der Waals surface area contributed by atoms with Crippen LogP contribution in [-0.2, 0) is 0 Å². The number of aromatic amines is 1. The molecule has 0 aliphatic carbocycles. The number of nitrogens with zero attached hydrogens (tertiary/aromatic N) is 2. The second-order valence-electron chi connectivity index (χ2n) is 4.57. The molecule has 1 aromatic carbocycles. The van der Waals surface area contributed by atoms with Crippen LogP contribution in [0.4, 0.5) is 0 Å². The molecule has 0 saturated heterocycles. The number of aromatic nitrogens is 3. The van der Waals surface area contributed by atoms with Crippen LogP contribution in [0, 0.1) is 13.8 Å². The SMILES string of the molecule is CCNC(CSc1ncn[nH]1)c1cc(C)ccc1C. The summed E-state index contributed by atoms with van der Waals surface area (Å²) in [7, 11) is 0. The number of rotatable bonds is 6. The van der Waals surface area contributed by atoms with Gasteiger partial charge in [-0.05, 0) is 31.5 Å². The topological polar surface area (TPSA) is 53.6 Å². The summed E-state index contributed by atoms with van der Waals surface area (Å²) < 4.78 is 0. The minimum atomic E-state index is 0.333. The number of aryl methyl sites for hydroxylation is 2. The molecule has 0 spiro atoms. The molecule has 0 aliphatic rings. The van der Waals surface area contributed by atoms with Crippen LogP contribution in [0.15, 0.2) is 29.7 Å². The quantitative estimate of drug-likeness (QED) is 0.797. The zero-order valence-electron chi connectivity index (χ0n) is 11.6. The summed E-state index contributed by atoms with van der Waals surface area (Å²) in [6, 6.07) is 6.95. The Labute approximate surface area is 118 Å². The average Bonchev–Trinajstić information content (AvgIpc) is 2.91. The van der Waals surface area contributed by atoms with Gasteiger partial charge in [-0.25, -0.2) is 4.98 Å². The summed E-state index contributed by atoms with van der Waals surface area (Å²) in [5, 5.41) is 11.2. The van der Waals surface area contributed by atoms with E-state index in [9.17, 15) is 0 Å². The number of thioether (sulfide) groups is 1. The zero-order valence-corrected chi connectivity index (χ0v) is 12.4. The zero-order chi connectivity index (χ0) is 13.7. The third-order valence-corrected chi connectivity index (χ3v) is 4.01. The Morgan fingerprint density at radius 1 is 1.37 bits per heavy atom. The molecule has 5 heteroatoms. The maximum absolute atomic E-state index is 4.15. The van der Waals surface area contributed by atoms with Crippen molar-refractivity contribution in [2.45, 2.75) is 32.0 Å². The molecule has 2 rings (SSSR count). The van der Waals surface area contributed by atoms with Crippen molar-refractivity contribution >= 4 is 11.8 Å². The predicted octanol–water partition coefficient (Wildman–Crippen LogP) is 2.86. The standard InChI is InChI=1S/C14H20N4S/c1-4-15-13(8-19-14-16-9-17-18-14)12-7-10(2)5-6-11(12)3/h5-7,9,13,15H,4,8H2,1-3H3,(H,16,17,18). The first-order valence-corrected chi connectivity index (χ1v) is 7.48. The van der Waals surface area contributed by atoms with Gasteiger partial charge in [0.15, 0.2) is 5.16 Å². The second-order valence-corrected chi connectivity index (χ2v) is 5.58.